The maximum atomic E-state index is 12.3. The summed E-state index contributed by atoms with van der Waals surface area (Å²) in [6, 6.07) is 5.79. The lowest BCUT2D eigenvalue weighted by atomic mass is 10.1. The van der Waals surface area contributed by atoms with Gasteiger partial charge in [0.05, 0.1) is 18.4 Å². The number of nitrogens with one attached hydrogen (secondary N) is 1. The Kier molecular flexibility index (Phi) is 5.53. The fourth-order valence-electron chi connectivity index (χ4n) is 3.07. The standard InChI is InChI=1S/C18H25N5O2/c1-14-12-15(2)23(21-14)11-8-20-18(24)22-9-5-16(6-10-22)25-17-4-3-7-19-13-17/h3-4,7,12-13,16H,5-6,8-11H2,1-2H3,(H,20,24). The summed E-state index contributed by atoms with van der Waals surface area (Å²) in [6.07, 6.45) is 5.26. The molecule has 0 spiro atoms. The molecule has 25 heavy (non-hydrogen) atoms. The second-order valence-electron chi connectivity index (χ2n) is 6.38. The van der Waals surface area contributed by atoms with E-state index < -0.39 is 0 Å². The van der Waals surface area contributed by atoms with Crippen molar-refractivity contribution in [3.8, 4) is 5.75 Å². The Labute approximate surface area is 148 Å². The van der Waals surface area contributed by atoms with Crippen LogP contribution in [-0.4, -0.2) is 51.4 Å². The highest BCUT2D eigenvalue weighted by atomic mass is 16.5. The van der Waals surface area contributed by atoms with E-state index in [1.165, 1.54) is 0 Å². The van der Waals surface area contributed by atoms with E-state index in [0.717, 1.165) is 30.0 Å². The van der Waals surface area contributed by atoms with Crippen LogP contribution in [0.4, 0.5) is 4.79 Å². The fraction of sp³-hybridized carbons (Fsp3) is 0.500. The Hall–Kier alpha value is -2.57. The van der Waals surface area contributed by atoms with Crippen molar-refractivity contribution in [2.24, 2.45) is 0 Å². The number of hydrogen-bond acceptors (Lipinski definition) is 4. The topological polar surface area (TPSA) is 72.3 Å². The van der Waals surface area contributed by atoms with Gasteiger partial charge in [-0.25, -0.2) is 4.79 Å². The van der Waals surface area contributed by atoms with E-state index in [1.54, 1.807) is 12.4 Å². The van der Waals surface area contributed by atoms with Gasteiger partial charge in [-0.2, -0.15) is 5.10 Å². The van der Waals surface area contributed by atoms with Gasteiger partial charge in [-0.05, 0) is 32.0 Å². The first-order valence-electron chi connectivity index (χ1n) is 8.72. The molecule has 0 aromatic carbocycles. The van der Waals surface area contributed by atoms with Crippen LogP contribution in [0.1, 0.15) is 24.2 Å². The summed E-state index contributed by atoms with van der Waals surface area (Å²) in [5.74, 6) is 0.787. The average molecular weight is 343 g/mol. The second-order valence-corrected chi connectivity index (χ2v) is 6.38. The lowest BCUT2D eigenvalue weighted by molar-refractivity contribution is 0.110. The summed E-state index contributed by atoms with van der Waals surface area (Å²) in [4.78, 5) is 18.2. The number of rotatable bonds is 5. The van der Waals surface area contributed by atoms with E-state index >= 15 is 0 Å². The number of ether oxygens (including phenoxy) is 1. The molecule has 3 rings (SSSR count). The Balaban J connectivity index is 1.38. The number of nitrogens with zero attached hydrogens (tertiary/aromatic N) is 4. The molecule has 134 valence electrons. The van der Waals surface area contributed by atoms with Gasteiger partial charge in [-0.3, -0.25) is 9.67 Å². The van der Waals surface area contributed by atoms with E-state index in [2.05, 4.69) is 15.4 Å². The molecule has 7 nitrogen and oxygen atoms in total. The van der Waals surface area contributed by atoms with Crippen molar-refractivity contribution in [2.45, 2.75) is 39.3 Å². The molecule has 0 saturated carbocycles. The van der Waals surface area contributed by atoms with Crippen molar-refractivity contribution in [1.82, 2.24) is 25.0 Å². The minimum absolute atomic E-state index is 0.0126. The molecule has 1 aliphatic heterocycles. The zero-order chi connectivity index (χ0) is 17.6. The summed E-state index contributed by atoms with van der Waals surface area (Å²) < 4.78 is 7.83. The lowest BCUT2D eigenvalue weighted by Crippen LogP contribution is -2.47. The van der Waals surface area contributed by atoms with E-state index in [4.69, 9.17) is 4.74 Å². The Morgan fingerprint density at radius 2 is 2.16 bits per heavy atom. The van der Waals surface area contributed by atoms with Crippen LogP contribution in [0.2, 0.25) is 0 Å². The lowest BCUT2D eigenvalue weighted by Gasteiger charge is -2.32. The molecule has 7 heteroatoms. The number of hydrogen-bond donors (Lipinski definition) is 1. The van der Waals surface area contributed by atoms with Gasteiger partial charge in [0.15, 0.2) is 0 Å². The molecular weight excluding hydrogens is 318 g/mol. The number of amides is 2. The van der Waals surface area contributed by atoms with E-state index in [9.17, 15) is 4.79 Å². The summed E-state index contributed by atoms with van der Waals surface area (Å²) in [5.41, 5.74) is 2.11. The molecule has 0 unspecified atom stereocenters. The van der Waals surface area contributed by atoms with Gasteiger partial charge >= 0.3 is 6.03 Å². The van der Waals surface area contributed by atoms with Crippen molar-refractivity contribution in [1.29, 1.82) is 0 Å². The zero-order valence-electron chi connectivity index (χ0n) is 14.8. The molecule has 0 radical (unpaired) electrons. The van der Waals surface area contributed by atoms with Crippen LogP contribution in [-0.2, 0) is 6.54 Å². The van der Waals surface area contributed by atoms with Crippen molar-refractivity contribution in [3.05, 3.63) is 42.0 Å². The van der Waals surface area contributed by atoms with Crippen molar-refractivity contribution in [2.75, 3.05) is 19.6 Å². The molecule has 2 aromatic heterocycles. The number of piperidine rings is 1. The highest BCUT2D eigenvalue weighted by Crippen LogP contribution is 2.17. The highest BCUT2D eigenvalue weighted by molar-refractivity contribution is 5.74. The van der Waals surface area contributed by atoms with E-state index in [0.29, 0.717) is 26.2 Å². The van der Waals surface area contributed by atoms with Gasteiger partial charge in [0.25, 0.3) is 0 Å². The molecular formula is C18H25N5O2. The minimum atomic E-state index is -0.0126. The van der Waals surface area contributed by atoms with Crippen LogP contribution in [0.15, 0.2) is 30.6 Å². The molecule has 1 N–H and O–H groups in total. The quantitative estimate of drug-likeness (QED) is 0.903. The number of pyridine rings is 1. The molecule has 0 bridgehead atoms. The first-order chi connectivity index (χ1) is 12.1. The molecule has 0 aliphatic carbocycles. The van der Waals surface area contributed by atoms with Crippen molar-refractivity contribution >= 4 is 6.03 Å². The average Bonchev–Trinajstić information content (AvgIpc) is 2.94. The second kappa shape index (κ2) is 8.00. The van der Waals surface area contributed by atoms with Gasteiger partial charge in [-0.1, -0.05) is 0 Å². The fourth-order valence-corrected chi connectivity index (χ4v) is 3.07. The number of aromatic nitrogens is 3. The van der Waals surface area contributed by atoms with Gasteiger partial charge in [0.2, 0.25) is 0 Å². The van der Waals surface area contributed by atoms with E-state index in [1.807, 2.05) is 41.6 Å². The third-order valence-corrected chi connectivity index (χ3v) is 4.37. The predicted octanol–water partition coefficient (Wildman–Crippen LogP) is 2.15. The van der Waals surface area contributed by atoms with Crippen molar-refractivity contribution < 1.29 is 9.53 Å². The summed E-state index contributed by atoms with van der Waals surface area (Å²) in [6.45, 7) is 6.67. The summed E-state index contributed by atoms with van der Waals surface area (Å²) >= 11 is 0. The molecule has 1 fully saturated rings. The first kappa shape index (κ1) is 17.3. The van der Waals surface area contributed by atoms with Gasteiger partial charge in [0.1, 0.15) is 11.9 Å². The van der Waals surface area contributed by atoms with Gasteiger partial charge in [-0.15, -0.1) is 0 Å². The van der Waals surface area contributed by atoms with Crippen molar-refractivity contribution in [3.63, 3.8) is 0 Å². The van der Waals surface area contributed by atoms with Gasteiger partial charge < -0.3 is 15.0 Å². The molecule has 1 aliphatic rings. The molecule has 2 amide bonds. The highest BCUT2D eigenvalue weighted by Gasteiger charge is 2.23. The molecule has 3 heterocycles. The largest absolute Gasteiger partial charge is 0.489 e. The number of urea groups is 1. The zero-order valence-corrected chi connectivity index (χ0v) is 14.8. The third-order valence-electron chi connectivity index (χ3n) is 4.37. The third kappa shape index (κ3) is 4.71. The normalized spacial score (nSPS) is 15.2. The number of aryl methyl sites for hydroxylation is 2. The maximum Gasteiger partial charge on any atom is 0.317 e. The Morgan fingerprint density at radius 1 is 1.36 bits per heavy atom. The van der Waals surface area contributed by atoms with Crippen LogP contribution < -0.4 is 10.1 Å². The number of likely N-dealkylation sites (tertiary alicyclic amines) is 1. The monoisotopic (exact) mass is 343 g/mol. The van der Waals surface area contributed by atoms with Crippen LogP contribution >= 0.6 is 0 Å². The SMILES string of the molecule is Cc1cc(C)n(CCNC(=O)N2CCC(Oc3cccnc3)CC2)n1. The predicted molar refractivity (Wildman–Crippen MR) is 94.6 cm³/mol. The van der Waals surface area contributed by atoms with Crippen LogP contribution in [0.3, 0.4) is 0 Å². The Morgan fingerprint density at radius 3 is 2.80 bits per heavy atom. The van der Waals surface area contributed by atoms with Crippen LogP contribution in [0.5, 0.6) is 5.75 Å². The number of carbonyl (C=O) groups excluding carboxylic acids is 1. The van der Waals surface area contributed by atoms with Gasteiger partial charge in [0, 0.05) is 44.4 Å². The molecule has 0 atom stereocenters. The molecule has 1 saturated heterocycles. The minimum Gasteiger partial charge on any atom is -0.489 e. The van der Waals surface area contributed by atoms with Crippen LogP contribution in [0.25, 0.3) is 0 Å². The molecule has 2 aromatic rings. The summed E-state index contributed by atoms with van der Waals surface area (Å²) in [5, 5.41) is 7.38. The maximum absolute atomic E-state index is 12.3. The van der Waals surface area contributed by atoms with Crippen LogP contribution in [0, 0.1) is 13.8 Å². The Bertz CT molecular complexity index is 693. The summed E-state index contributed by atoms with van der Waals surface area (Å²) in [7, 11) is 0. The van der Waals surface area contributed by atoms with E-state index in [-0.39, 0.29) is 12.1 Å². The number of carbonyl (C=O) groups is 1. The first-order valence-corrected chi connectivity index (χ1v) is 8.72. The smallest absolute Gasteiger partial charge is 0.317 e.